The molecule has 0 aromatic heterocycles. The van der Waals surface area contributed by atoms with Crippen molar-refractivity contribution in [2.75, 3.05) is 20.8 Å². The molecule has 4 heteroatoms. The Kier molecular flexibility index (Phi) is 9.20. The number of ketones is 1. The van der Waals surface area contributed by atoms with Gasteiger partial charge < -0.3 is 14.2 Å². The molecular weight excluding hydrogens is 460 g/mol. The van der Waals surface area contributed by atoms with Crippen LogP contribution >= 0.6 is 0 Å². The maximum Gasteiger partial charge on any atom is 0.185 e. The van der Waals surface area contributed by atoms with E-state index in [4.69, 9.17) is 14.2 Å². The van der Waals surface area contributed by atoms with E-state index in [1.165, 1.54) is 32.1 Å². The van der Waals surface area contributed by atoms with Crippen LogP contribution in [0, 0.1) is 12.8 Å². The molecule has 0 bridgehead atoms. The van der Waals surface area contributed by atoms with Crippen molar-refractivity contribution in [2.24, 2.45) is 5.92 Å². The smallest absolute Gasteiger partial charge is 0.185 e. The van der Waals surface area contributed by atoms with Gasteiger partial charge in [-0.25, -0.2) is 0 Å². The summed E-state index contributed by atoms with van der Waals surface area (Å²) in [7, 11) is 3.25. The summed E-state index contributed by atoms with van der Waals surface area (Å²) in [6, 6.07) is 19.5. The summed E-state index contributed by atoms with van der Waals surface area (Å²) in [6.07, 6.45) is 14.0. The van der Waals surface area contributed by atoms with Crippen LogP contribution < -0.4 is 14.2 Å². The van der Waals surface area contributed by atoms with Gasteiger partial charge >= 0.3 is 0 Å². The predicted molar refractivity (Wildman–Crippen MR) is 152 cm³/mol. The fraction of sp³-hybridized carbons (Fsp3) is 0.303. The predicted octanol–water partition coefficient (Wildman–Crippen LogP) is 8.04. The molecule has 0 atom stereocenters. The molecule has 4 rings (SSSR count). The van der Waals surface area contributed by atoms with E-state index < -0.39 is 0 Å². The van der Waals surface area contributed by atoms with Crippen molar-refractivity contribution in [1.82, 2.24) is 0 Å². The third kappa shape index (κ3) is 7.36. The van der Waals surface area contributed by atoms with Gasteiger partial charge in [0.2, 0.25) is 0 Å². The van der Waals surface area contributed by atoms with Crippen LogP contribution in [0.3, 0.4) is 0 Å². The zero-order valence-corrected chi connectivity index (χ0v) is 22.0. The summed E-state index contributed by atoms with van der Waals surface area (Å²) in [5.41, 5.74) is 4.47. The van der Waals surface area contributed by atoms with E-state index in [2.05, 4.69) is 12.1 Å². The molecule has 4 nitrogen and oxygen atoms in total. The molecule has 1 aliphatic carbocycles. The van der Waals surface area contributed by atoms with E-state index in [0.717, 1.165) is 34.6 Å². The van der Waals surface area contributed by atoms with Gasteiger partial charge in [-0.2, -0.15) is 0 Å². The number of hydrogen-bond acceptors (Lipinski definition) is 4. The van der Waals surface area contributed by atoms with E-state index in [-0.39, 0.29) is 5.78 Å². The van der Waals surface area contributed by atoms with Gasteiger partial charge in [-0.1, -0.05) is 67.3 Å². The third-order valence-corrected chi connectivity index (χ3v) is 6.85. The van der Waals surface area contributed by atoms with Gasteiger partial charge in [0.1, 0.15) is 17.2 Å². The first-order chi connectivity index (χ1) is 18.1. The second-order valence-corrected chi connectivity index (χ2v) is 9.62. The van der Waals surface area contributed by atoms with Crippen molar-refractivity contribution in [2.45, 2.75) is 39.0 Å². The number of allylic oxidation sites excluding steroid dienone is 1. The highest BCUT2D eigenvalue weighted by Gasteiger charge is 2.14. The molecule has 3 aromatic carbocycles. The van der Waals surface area contributed by atoms with E-state index in [1.807, 2.05) is 73.7 Å². The Morgan fingerprint density at radius 2 is 1.65 bits per heavy atom. The molecule has 0 amide bonds. The molecule has 0 N–H and O–H groups in total. The molecule has 0 saturated heterocycles. The van der Waals surface area contributed by atoms with Crippen LogP contribution in [0.5, 0.6) is 17.2 Å². The summed E-state index contributed by atoms with van der Waals surface area (Å²) in [4.78, 5) is 12.8. The molecule has 3 aromatic rings. The Bertz CT molecular complexity index is 1250. The van der Waals surface area contributed by atoms with Gasteiger partial charge in [0, 0.05) is 17.2 Å². The maximum atomic E-state index is 12.8. The highest BCUT2D eigenvalue weighted by atomic mass is 16.5. The Balaban J connectivity index is 1.52. The lowest BCUT2D eigenvalue weighted by molar-refractivity contribution is 0.104. The highest BCUT2D eigenvalue weighted by molar-refractivity contribution is 6.07. The average Bonchev–Trinajstić information content (AvgIpc) is 2.94. The summed E-state index contributed by atoms with van der Waals surface area (Å²) in [6.45, 7) is 2.78. The fourth-order valence-corrected chi connectivity index (χ4v) is 4.71. The Labute approximate surface area is 220 Å². The van der Waals surface area contributed by atoms with Gasteiger partial charge in [0.25, 0.3) is 0 Å². The number of hydrogen-bond donors (Lipinski definition) is 0. The third-order valence-electron chi connectivity index (χ3n) is 6.85. The number of carbonyl (C=O) groups is 1. The van der Waals surface area contributed by atoms with Crippen LogP contribution in [0.15, 0.2) is 66.7 Å². The molecule has 0 radical (unpaired) electrons. The van der Waals surface area contributed by atoms with Gasteiger partial charge in [-0.05, 0) is 73.2 Å². The van der Waals surface area contributed by atoms with Crippen LogP contribution in [-0.4, -0.2) is 26.6 Å². The number of carbonyl (C=O) groups excluding carboxylic acids is 1. The second kappa shape index (κ2) is 13.0. The monoisotopic (exact) mass is 496 g/mol. The van der Waals surface area contributed by atoms with Crippen LogP contribution in [0.25, 0.3) is 18.2 Å². The minimum absolute atomic E-state index is 0.0553. The van der Waals surface area contributed by atoms with Gasteiger partial charge in [-0.3, -0.25) is 4.79 Å². The summed E-state index contributed by atoms with van der Waals surface area (Å²) < 4.78 is 17.2. The summed E-state index contributed by atoms with van der Waals surface area (Å²) in [5.74, 6) is 2.86. The minimum atomic E-state index is -0.0553. The first-order valence-electron chi connectivity index (χ1n) is 13.0. The summed E-state index contributed by atoms with van der Waals surface area (Å²) >= 11 is 0. The molecule has 1 saturated carbocycles. The fourth-order valence-electron chi connectivity index (χ4n) is 4.71. The van der Waals surface area contributed by atoms with Gasteiger partial charge in [0.05, 0.1) is 20.8 Å². The van der Waals surface area contributed by atoms with E-state index >= 15 is 0 Å². The first-order valence-corrected chi connectivity index (χ1v) is 13.0. The number of rotatable bonds is 10. The van der Waals surface area contributed by atoms with Crippen LogP contribution in [-0.2, 0) is 0 Å². The van der Waals surface area contributed by atoms with Crippen molar-refractivity contribution in [3.63, 3.8) is 0 Å². The van der Waals surface area contributed by atoms with Crippen LogP contribution in [0.2, 0.25) is 0 Å². The first kappa shape index (κ1) is 26.3. The van der Waals surface area contributed by atoms with E-state index in [0.29, 0.717) is 23.0 Å². The molecular formula is C33H36O4. The molecule has 0 heterocycles. The number of aryl methyl sites for hydroxylation is 1. The lowest BCUT2D eigenvalue weighted by atomic mass is 9.90. The van der Waals surface area contributed by atoms with Crippen molar-refractivity contribution in [1.29, 1.82) is 0 Å². The van der Waals surface area contributed by atoms with E-state index in [1.54, 1.807) is 20.3 Å². The normalized spacial score (nSPS) is 14.2. The molecule has 0 spiro atoms. The van der Waals surface area contributed by atoms with Crippen molar-refractivity contribution < 1.29 is 19.0 Å². The molecule has 1 aliphatic rings. The van der Waals surface area contributed by atoms with Crippen molar-refractivity contribution >= 4 is 24.0 Å². The van der Waals surface area contributed by atoms with Crippen LogP contribution in [0.4, 0.5) is 0 Å². The topological polar surface area (TPSA) is 44.8 Å². The second-order valence-electron chi connectivity index (χ2n) is 9.62. The molecule has 37 heavy (non-hydrogen) atoms. The molecule has 0 unspecified atom stereocenters. The van der Waals surface area contributed by atoms with Crippen LogP contribution in [0.1, 0.15) is 64.7 Å². The van der Waals surface area contributed by atoms with Crippen molar-refractivity contribution in [3.8, 4) is 17.2 Å². The standard InChI is InChI=1S/C33H36O4/c1-24-8-7-11-28(20-24)32(34)19-18-31-27(21-30(35-2)22-33(31)36-3)15-12-25-13-16-29(17-14-25)37-23-26-9-5-4-6-10-26/h7-8,11-22,26H,4-6,9-10,23H2,1-3H3/b15-12+,19-18+. The zero-order chi connectivity index (χ0) is 26.0. The van der Waals surface area contributed by atoms with Gasteiger partial charge in [0.15, 0.2) is 5.78 Å². The average molecular weight is 497 g/mol. The Morgan fingerprint density at radius 1 is 0.865 bits per heavy atom. The SMILES string of the molecule is COc1cc(/C=C/c2ccc(OCC3CCCCC3)cc2)c(/C=C/C(=O)c2cccc(C)c2)c(OC)c1. The number of ether oxygens (including phenoxy) is 3. The Hall–Kier alpha value is -3.79. The number of benzene rings is 3. The van der Waals surface area contributed by atoms with Gasteiger partial charge in [-0.15, -0.1) is 0 Å². The quantitative estimate of drug-likeness (QED) is 0.162. The zero-order valence-electron chi connectivity index (χ0n) is 22.0. The van der Waals surface area contributed by atoms with E-state index in [9.17, 15) is 4.79 Å². The largest absolute Gasteiger partial charge is 0.497 e. The lowest BCUT2D eigenvalue weighted by Gasteiger charge is -2.21. The van der Waals surface area contributed by atoms with Crippen molar-refractivity contribution in [3.05, 3.63) is 94.6 Å². The molecule has 0 aliphatic heterocycles. The maximum absolute atomic E-state index is 12.8. The summed E-state index contributed by atoms with van der Waals surface area (Å²) in [5, 5.41) is 0. The lowest BCUT2D eigenvalue weighted by Crippen LogP contribution is -2.15. The number of methoxy groups -OCH3 is 2. The highest BCUT2D eigenvalue weighted by Crippen LogP contribution is 2.32. The molecule has 192 valence electrons. The molecule has 1 fully saturated rings. The Morgan fingerprint density at radius 3 is 2.35 bits per heavy atom. The minimum Gasteiger partial charge on any atom is -0.497 e.